The number of ether oxygens (including phenoxy) is 2. The predicted octanol–water partition coefficient (Wildman–Crippen LogP) is 3.34. The number of hydrogen-bond donors (Lipinski definition) is 0. The first-order valence-electron chi connectivity index (χ1n) is 6.76. The summed E-state index contributed by atoms with van der Waals surface area (Å²) in [5, 5.41) is 0. The van der Waals surface area contributed by atoms with Crippen LogP contribution in [0.2, 0.25) is 0 Å². The molecule has 1 unspecified atom stereocenters. The van der Waals surface area contributed by atoms with Crippen LogP contribution in [0.3, 0.4) is 0 Å². The molecule has 0 spiro atoms. The summed E-state index contributed by atoms with van der Waals surface area (Å²) in [7, 11) is 0. The molecule has 0 aromatic carbocycles. The molecule has 0 saturated heterocycles. The molecule has 0 rings (SSSR count). The van der Waals surface area contributed by atoms with Gasteiger partial charge in [0.15, 0.2) is 0 Å². The van der Waals surface area contributed by atoms with E-state index in [-0.39, 0.29) is 11.9 Å². The zero-order valence-corrected chi connectivity index (χ0v) is 12.5. The Morgan fingerprint density at radius 2 is 1.61 bits per heavy atom. The summed E-state index contributed by atoms with van der Waals surface area (Å²) >= 11 is 0. The quantitative estimate of drug-likeness (QED) is 0.659. The summed E-state index contributed by atoms with van der Waals surface area (Å²) in [6.07, 6.45) is 4.12. The van der Waals surface area contributed by atoms with Crippen LogP contribution in [0.25, 0.3) is 0 Å². The molecular weight excluding hydrogens is 232 g/mol. The number of carbonyl (C=O) groups excluding carboxylic acids is 2. The molecule has 108 valence electrons. The molecule has 18 heavy (non-hydrogen) atoms. The van der Waals surface area contributed by atoms with Gasteiger partial charge in [0.2, 0.25) is 0 Å². The van der Waals surface area contributed by atoms with E-state index in [4.69, 9.17) is 4.74 Å². The van der Waals surface area contributed by atoms with E-state index >= 15 is 0 Å². The lowest BCUT2D eigenvalue weighted by atomic mass is 10.0. The molecule has 0 aromatic heterocycles. The molecule has 0 aliphatic carbocycles. The lowest BCUT2D eigenvalue weighted by Gasteiger charge is -2.08. The van der Waals surface area contributed by atoms with Crippen molar-refractivity contribution in [3.05, 3.63) is 0 Å². The van der Waals surface area contributed by atoms with Crippen molar-refractivity contribution >= 4 is 11.9 Å². The van der Waals surface area contributed by atoms with Crippen molar-refractivity contribution in [3.8, 4) is 0 Å². The van der Waals surface area contributed by atoms with Crippen LogP contribution in [0.5, 0.6) is 0 Å². The molecule has 0 N–H and O–H groups in total. The van der Waals surface area contributed by atoms with Crippen molar-refractivity contribution in [1.29, 1.82) is 0 Å². The van der Waals surface area contributed by atoms with Crippen LogP contribution in [-0.4, -0.2) is 25.2 Å². The number of rotatable bonds is 7. The highest BCUT2D eigenvalue weighted by atomic mass is 16.5. The van der Waals surface area contributed by atoms with Gasteiger partial charge < -0.3 is 9.47 Å². The maximum absolute atomic E-state index is 11.0. The van der Waals surface area contributed by atoms with Gasteiger partial charge in [0, 0.05) is 13.3 Å². The Labute approximate surface area is 111 Å². The molecule has 0 heterocycles. The van der Waals surface area contributed by atoms with Gasteiger partial charge in [-0.05, 0) is 19.8 Å². The van der Waals surface area contributed by atoms with E-state index in [0.717, 1.165) is 6.42 Å². The van der Waals surface area contributed by atoms with Gasteiger partial charge in [-0.15, -0.1) is 0 Å². The standard InChI is InChI=1S/C10H20O2.C4H8O2/c1-4-6-7-9(3)8-10(11)12-5-2;1-3-6-4(2)5/h9H,4-8H2,1-3H3;3H2,1-2H3. The number of carbonyl (C=O) groups is 2. The molecule has 0 aliphatic heterocycles. The van der Waals surface area contributed by atoms with Crippen LogP contribution in [-0.2, 0) is 19.1 Å². The molecule has 0 radical (unpaired) electrons. The molecule has 0 saturated carbocycles. The van der Waals surface area contributed by atoms with Gasteiger partial charge in [0.05, 0.1) is 13.2 Å². The van der Waals surface area contributed by atoms with E-state index in [1.807, 2.05) is 6.92 Å². The van der Waals surface area contributed by atoms with Crippen LogP contribution < -0.4 is 0 Å². The van der Waals surface area contributed by atoms with Crippen LogP contribution >= 0.6 is 0 Å². The van der Waals surface area contributed by atoms with E-state index < -0.39 is 0 Å². The number of hydrogen-bond acceptors (Lipinski definition) is 4. The summed E-state index contributed by atoms with van der Waals surface area (Å²) < 4.78 is 9.26. The van der Waals surface area contributed by atoms with Gasteiger partial charge in [-0.2, -0.15) is 0 Å². The highest BCUT2D eigenvalue weighted by Crippen LogP contribution is 2.12. The van der Waals surface area contributed by atoms with E-state index in [1.54, 1.807) is 6.92 Å². The van der Waals surface area contributed by atoms with Gasteiger partial charge in [-0.1, -0.05) is 33.1 Å². The Hall–Kier alpha value is -1.06. The Balaban J connectivity index is 0. The van der Waals surface area contributed by atoms with Crippen LogP contribution in [0.4, 0.5) is 0 Å². The second kappa shape index (κ2) is 14.0. The molecule has 0 aliphatic rings. The van der Waals surface area contributed by atoms with Crippen molar-refractivity contribution in [2.24, 2.45) is 5.92 Å². The molecule has 1 atom stereocenters. The van der Waals surface area contributed by atoms with E-state index in [1.165, 1.54) is 19.8 Å². The number of esters is 2. The summed E-state index contributed by atoms with van der Waals surface area (Å²) in [5.74, 6) is 0.211. The molecule has 0 amide bonds. The molecule has 0 aromatic rings. The highest BCUT2D eigenvalue weighted by molar-refractivity contribution is 5.69. The largest absolute Gasteiger partial charge is 0.466 e. The monoisotopic (exact) mass is 260 g/mol. The second-order valence-electron chi connectivity index (χ2n) is 4.18. The Morgan fingerprint density at radius 3 is 1.94 bits per heavy atom. The second-order valence-corrected chi connectivity index (χ2v) is 4.18. The molecule has 0 fully saturated rings. The van der Waals surface area contributed by atoms with E-state index in [2.05, 4.69) is 18.6 Å². The van der Waals surface area contributed by atoms with Gasteiger partial charge in [-0.3, -0.25) is 9.59 Å². The third-order valence-corrected chi connectivity index (χ3v) is 2.22. The maximum atomic E-state index is 11.0. The van der Waals surface area contributed by atoms with E-state index in [0.29, 0.717) is 25.6 Å². The first kappa shape index (κ1) is 19.3. The topological polar surface area (TPSA) is 52.6 Å². The smallest absolute Gasteiger partial charge is 0.306 e. The summed E-state index contributed by atoms with van der Waals surface area (Å²) in [6, 6.07) is 0. The molecule has 0 bridgehead atoms. The summed E-state index contributed by atoms with van der Waals surface area (Å²) in [4.78, 5) is 20.8. The zero-order chi connectivity index (χ0) is 14.4. The molecule has 4 heteroatoms. The maximum Gasteiger partial charge on any atom is 0.306 e. The van der Waals surface area contributed by atoms with Crippen molar-refractivity contribution in [3.63, 3.8) is 0 Å². The summed E-state index contributed by atoms with van der Waals surface area (Å²) in [6.45, 7) is 10.3. The van der Waals surface area contributed by atoms with Crippen LogP contribution in [0.15, 0.2) is 0 Å². The average Bonchev–Trinajstić information content (AvgIpc) is 2.27. The fourth-order valence-corrected chi connectivity index (χ4v) is 1.36. The van der Waals surface area contributed by atoms with Gasteiger partial charge in [0.1, 0.15) is 0 Å². The van der Waals surface area contributed by atoms with Gasteiger partial charge in [-0.25, -0.2) is 0 Å². The minimum Gasteiger partial charge on any atom is -0.466 e. The SMILES string of the molecule is CCCCC(C)CC(=O)OCC.CCOC(C)=O. The minimum absolute atomic E-state index is 0.0545. The highest BCUT2D eigenvalue weighted by Gasteiger charge is 2.08. The average molecular weight is 260 g/mol. The van der Waals surface area contributed by atoms with Crippen LogP contribution in [0.1, 0.15) is 60.3 Å². The predicted molar refractivity (Wildman–Crippen MR) is 72.2 cm³/mol. The molecular formula is C14H28O4. The first-order valence-corrected chi connectivity index (χ1v) is 6.76. The minimum atomic E-state index is -0.211. The van der Waals surface area contributed by atoms with Crippen molar-refractivity contribution in [2.75, 3.05) is 13.2 Å². The Morgan fingerprint density at radius 1 is 1.06 bits per heavy atom. The molecule has 4 nitrogen and oxygen atoms in total. The third kappa shape index (κ3) is 17.3. The third-order valence-electron chi connectivity index (χ3n) is 2.22. The summed E-state index contributed by atoms with van der Waals surface area (Å²) in [5.41, 5.74) is 0. The fraction of sp³-hybridized carbons (Fsp3) is 0.857. The number of unbranched alkanes of at least 4 members (excludes halogenated alkanes) is 1. The first-order chi connectivity index (χ1) is 8.47. The zero-order valence-electron chi connectivity index (χ0n) is 12.5. The normalized spacial score (nSPS) is 10.9. The fourth-order valence-electron chi connectivity index (χ4n) is 1.36. The van der Waals surface area contributed by atoms with E-state index in [9.17, 15) is 9.59 Å². The van der Waals surface area contributed by atoms with Crippen molar-refractivity contribution in [2.45, 2.75) is 60.3 Å². The van der Waals surface area contributed by atoms with Crippen molar-refractivity contribution < 1.29 is 19.1 Å². The lowest BCUT2D eigenvalue weighted by Crippen LogP contribution is -2.09. The van der Waals surface area contributed by atoms with Gasteiger partial charge in [0.25, 0.3) is 0 Å². The lowest BCUT2D eigenvalue weighted by molar-refractivity contribution is -0.144. The van der Waals surface area contributed by atoms with Crippen LogP contribution in [0, 0.1) is 5.92 Å². The van der Waals surface area contributed by atoms with Gasteiger partial charge >= 0.3 is 11.9 Å². The van der Waals surface area contributed by atoms with Crippen molar-refractivity contribution in [1.82, 2.24) is 0 Å². The Kier molecular flexibility index (Phi) is 15.0. The Bertz CT molecular complexity index is 214.